The number of carbonyl (C=O) groups excluding carboxylic acids is 2. The third kappa shape index (κ3) is 5.68. The molecule has 3 rings (SSSR count). The zero-order valence-electron chi connectivity index (χ0n) is 16.9. The standard InChI is InChI=1S/C22H20BrNO6S/c1-3-29-17-8-15(9-19-21(27)24(11-20(25)26)22(28)31-19)16(23)10-18(17)30-12-14-6-4-5-13(2)7-14/h4-10H,3,11-12H2,1-2H3,(H,25,26)/b19-9+. The quantitative estimate of drug-likeness (QED) is 0.512. The highest BCUT2D eigenvalue weighted by Gasteiger charge is 2.36. The van der Waals surface area contributed by atoms with Gasteiger partial charge in [-0.1, -0.05) is 45.8 Å². The van der Waals surface area contributed by atoms with Gasteiger partial charge in [-0.15, -0.1) is 0 Å². The highest BCUT2D eigenvalue weighted by molar-refractivity contribution is 9.10. The number of thioether (sulfide) groups is 1. The summed E-state index contributed by atoms with van der Waals surface area (Å²) in [5.41, 5.74) is 2.77. The third-order valence-corrected chi connectivity index (χ3v) is 5.89. The number of benzene rings is 2. The molecular formula is C22H20BrNO6S. The minimum atomic E-state index is -1.25. The largest absolute Gasteiger partial charge is 0.490 e. The second kappa shape index (κ2) is 10.0. The predicted octanol–water partition coefficient (Wildman–Crippen LogP) is 4.86. The van der Waals surface area contributed by atoms with Crippen molar-refractivity contribution in [3.8, 4) is 11.5 Å². The molecule has 1 aliphatic rings. The number of hydrogen-bond acceptors (Lipinski definition) is 6. The number of carboxylic acid groups (broad SMARTS) is 1. The van der Waals surface area contributed by atoms with Gasteiger partial charge in [0, 0.05) is 4.47 Å². The average molecular weight is 506 g/mol. The lowest BCUT2D eigenvalue weighted by atomic mass is 10.1. The first-order chi connectivity index (χ1) is 14.8. The van der Waals surface area contributed by atoms with Crippen molar-refractivity contribution in [1.82, 2.24) is 4.90 Å². The molecule has 9 heteroatoms. The number of aliphatic carboxylic acids is 1. The maximum atomic E-state index is 12.4. The van der Waals surface area contributed by atoms with Crippen molar-refractivity contribution in [3.05, 3.63) is 62.5 Å². The lowest BCUT2D eigenvalue weighted by molar-refractivity contribution is -0.140. The molecule has 0 radical (unpaired) electrons. The summed E-state index contributed by atoms with van der Waals surface area (Å²) < 4.78 is 12.3. The first-order valence-corrected chi connectivity index (χ1v) is 11.0. The molecule has 1 heterocycles. The van der Waals surface area contributed by atoms with E-state index in [0.29, 0.717) is 51.4 Å². The Morgan fingerprint density at radius 3 is 2.61 bits per heavy atom. The van der Waals surface area contributed by atoms with Crippen molar-refractivity contribution in [2.75, 3.05) is 13.2 Å². The highest BCUT2D eigenvalue weighted by Crippen LogP contribution is 2.38. The molecule has 1 N–H and O–H groups in total. The number of aryl methyl sites for hydroxylation is 1. The molecule has 1 saturated heterocycles. The van der Waals surface area contributed by atoms with Crippen LogP contribution in [0.15, 0.2) is 45.8 Å². The van der Waals surface area contributed by atoms with Crippen molar-refractivity contribution in [3.63, 3.8) is 0 Å². The van der Waals surface area contributed by atoms with Crippen LogP contribution in [0.1, 0.15) is 23.6 Å². The highest BCUT2D eigenvalue weighted by atomic mass is 79.9. The van der Waals surface area contributed by atoms with E-state index in [2.05, 4.69) is 15.9 Å². The Kier molecular flexibility index (Phi) is 7.40. The summed E-state index contributed by atoms with van der Waals surface area (Å²) in [6.45, 7) is 3.97. The molecule has 0 spiro atoms. The van der Waals surface area contributed by atoms with Crippen molar-refractivity contribution >= 4 is 50.9 Å². The Morgan fingerprint density at radius 1 is 1.19 bits per heavy atom. The van der Waals surface area contributed by atoms with Gasteiger partial charge in [-0.2, -0.15) is 0 Å². The number of halogens is 1. The van der Waals surface area contributed by atoms with E-state index in [0.717, 1.165) is 11.1 Å². The predicted molar refractivity (Wildman–Crippen MR) is 121 cm³/mol. The van der Waals surface area contributed by atoms with E-state index >= 15 is 0 Å². The summed E-state index contributed by atoms with van der Waals surface area (Å²) in [6.07, 6.45) is 1.53. The Balaban J connectivity index is 1.86. The smallest absolute Gasteiger partial charge is 0.323 e. The first-order valence-electron chi connectivity index (χ1n) is 9.40. The molecule has 2 aromatic carbocycles. The number of carbonyl (C=O) groups is 3. The molecule has 2 aromatic rings. The monoisotopic (exact) mass is 505 g/mol. The van der Waals surface area contributed by atoms with Crippen molar-refractivity contribution < 1.29 is 29.0 Å². The molecule has 0 bridgehead atoms. The Labute approximate surface area is 192 Å². The lowest BCUT2D eigenvalue weighted by Crippen LogP contribution is -2.33. The molecule has 0 atom stereocenters. The minimum Gasteiger partial charge on any atom is -0.490 e. The van der Waals surface area contributed by atoms with E-state index < -0.39 is 23.7 Å². The molecule has 0 unspecified atom stereocenters. The first kappa shape index (κ1) is 22.9. The molecular weight excluding hydrogens is 486 g/mol. The van der Waals surface area contributed by atoms with E-state index in [1.807, 2.05) is 38.1 Å². The zero-order valence-corrected chi connectivity index (χ0v) is 19.3. The number of hydrogen-bond donors (Lipinski definition) is 1. The van der Waals surface area contributed by atoms with Gasteiger partial charge in [-0.3, -0.25) is 19.3 Å². The van der Waals surface area contributed by atoms with Crippen LogP contribution in [0.5, 0.6) is 11.5 Å². The number of carboxylic acids is 1. The van der Waals surface area contributed by atoms with Gasteiger partial charge in [0.15, 0.2) is 11.5 Å². The molecule has 2 amide bonds. The van der Waals surface area contributed by atoms with Gasteiger partial charge in [-0.25, -0.2) is 0 Å². The number of nitrogens with zero attached hydrogens (tertiary/aromatic N) is 1. The van der Waals surface area contributed by atoms with Gasteiger partial charge in [0.1, 0.15) is 13.2 Å². The van der Waals surface area contributed by atoms with E-state index in [1.54, 1.807) is 12.1 Å². The zero-order chi connectivity index (χ0) is 22.5. The average Bonchev–Trinajstić information content (AvgIpc) is 2.96. The van der Waals surface area contributed by atoms with Gasteiger partial charge < -0.3 is 14.6 Å². The van der Waals surface area contributed by atoms with Crippen LogP contribution >= 0.6 is 27.7 Å². The molecule has 31 heavy (non-hydrogen) atoms. The van der Waals surface area contributed by atoms with E-state index in [9.17, 15) is 14.4 Å². The van der Waals surface area contributed by atoms with Gasteiger partial charge in [0.2, 0.25) is 0 Å². The Morgan fingerprint density at radius 2 is 1.94 bits per heavy atom. The maximum Gasteiger partial charge on any atom is 0.323 e. The van der Waals surface area contributed by atoms with Gasteiger partial charge in [0.05, 0.1) is 11.5 Å². The topological polar surface area (TPSA) is 93.1 Å². The van der Waals surface area contributed by atoms with Crippen LogP contribution in [-0.4, -0.2) is 40.3 Å². The van der Waals surface area contributed by atoms with Gasteiger partial charge >= 0.3 is 5.97 Å². The van der Waals surface area contributed by atoms with Crippen LogP contribution in [-0.2, 0) is 16.2 Å². The van der Waals surface area contributed by atoms with Crippen LogP contribution in [0.3, 0.4) is 0 Å². The van der Waals surface area contributed by atoms with Crippen LogP contribution in [0.4, 0.5) is 4.79 Å². The van der Waals surface area contributed by atoms with Crippen molar-refractivity contribution in [1.29, 1.82) is 0 Å². The molecule has 0 saturated carbocycles. The Hall–Kier alpha value is -2.78. The second-order valence-electron chi connectivity index (χ2n) is 6.69. The van der Waals surface area contributed by atoms with Gasteiger partial charge in [0.25, 0.3) is 11.1 Å². The van der Waals surface area contributed by atoms with E-state index in [-0.39, 0.29) is 4.91 Å². The Bertz CT molecular complexity index is 1070. The summed E-state index contributed by atoms with van der Waals surface area (Å²) in [7, 11) is 0. The van der Waals surface area contributed by atoms with E-state index in [4.69, 9.17) is 14.6 Å². The molecule has 0 aliphatic carbocycles. The van der Waals surface area contributed by atoms with Crippen LogP contribution in [0, 0.1) is 6.92 Å². The molecule has 1 fully saturated rings. The summed E-state index contributed by atoms with van der Waals surface area (Å²) in [6, 6.07) is 11.5. The third-order valence-electron chi connectivity index (χ3n) is 4.29. The van der Waals surface area contributed by atoms with Crippen LogP contribution < -0.4 is 9.47 Å². The maximum absolute atomic E-state index is 12.4. The fourth-order valence-corrected chi connectivity index (χ4v) is 4.18. The minimum absolute atomic E-state index is 0.142. The summed E-state index contributed by atoms with van der Waals surface area (Å²) in [5, 5.41) is 8.28. The number of rotatable bonds is 8. The molecule has 7 nitrogen and oxygen atoms in total. The summed E-state index contributed by atoms with van der Waals surface area (Å²) >= 11 is 4.18. The fourth-order valence-electron chi connectivity index (χ4n) is 2.92. The number of imide groups is 1. The SMILES string of the molecule is CCOc1cc(/C=C2/SC(=O)N(CC(=O)O)C2=O)c(Br)cc1OCc1cccc(C)c1. The van der Waals surface area contributed by atoms with E-state index in [1.165, 1.54) is 6.08 Å². The van der Waals surface area contributed by atoms with Crippen molar-refractivity contribution in [2.45, 2.75) is 20.5 Å². The summed E-state index contributed by atoms with van der Waals surface area (Å²) in [5.74, 6) is -0.860. The van der Waals surface area contributed by atoms with Crippen molar-refractivity contribution in [2.24, 2.45) is 0 Å². The van der Waals surface area contributed by atoms with Gasteiger partial charge in [-0.05, 0) is 54.9 Å². The van der Waals surface area contributed by atoms with Crippen LogP contribution in [0.2, 0.25) is 0 Å². The molecule has 162 valence electrons. The molecule has 1 aliphatic heterocycles. The lowest BCUT2D eigenvalue weighted by Gasteiger charge is -2.14. The number of amides is 2. The molecule has 0 aromatic heterocycles. The fraction of sp³-hybridized carbons (Fsp3) is 0.227. The number of ether oxygens (including phenoxy) is 2. The normalized spacial score (nSPS) is 14.9. The summed E-state index contributed by atoms with van der Waals surface area (Å²) in [4.78, 5) is 36.1. The van der Waals surface area contributed by atoms with Crippen LogP contribution in [0.25, 0.3) is 6.08 Å². The second-order valence-corrected chi connectivity index (χ2v) is 8.54.